The molecule has 2 N–H and O–H groups in total. The molecule has 2 aromatic rings. The van der Waals surface area contributed by atoms with Crippen LogP contribution in [0.4, 0.5) is 11.4 Å². The highest BCUT2D eigenvalue weighted by molar-refractivity contribution is 5.95. The fraction of sp³-hybridized carbons (Fsp3) is 0.211. The molecule has 4 rings (SSSR count). The van der Waals surface area contributed by atoms with Gasteiger partial charge in [-0.25, -0.2) is 4.79 Å². The van der Waals surface area contributed by atoms with Crippen LogP contribution in [0.25, 0.3) is 0 Å². The van der Waals surface area contributed by atoms with Crippen molar-refractivity contribution in [1.82, 2.24) is 0 Å². The molecular formula is C19H16N2O4. The zero-order valence-electron chi connectivity index (χ0n) is 13.3. The standard InChI is InChI=1S/C19H16N2O4/c22-19(23)16-9-3-8-15-13-6-2-7-14(13)17(20-18(15)16)11-4-1-5-12(10-11)21(24)25/h1-6,8-10,13-14,17,20H,7H2,(H,22,23)/t13-,14-,17+/m1/s1. The average Bonchev–Trinajstić information content (AvgIpc) is 3.10. The number of fused-ring (bicyclic) bond motifs is 3. The van der Waals surface area contributed by atoms with Gasteiger partial charge in [-0.2, -0.15) is 0 Å². The van der Waals surface area contributed by atoms with E-state index in [0.717, 1.165) is 17.5 Å². The van der Waals surface area contributed by atoms with E-state index in [1.807, 2.05) is 12.1 Å². The number of benzene rings is 2. The third-order valence-corrected chi connectivity index (χ3v) is 5.07. The van der Waals surface area contributed by atoms with Crippen molar-refractivity contribution in [3.63, 3.8) is 0 Å². The van der Waals surface area contributed by atoms with Crippen molar-refractivity contribution in [1.29, 1.82) is 0 Å². The Bertz CT molecular complexity index is 906. The minimum absolute atomic E-state index is 0.0409. The van der Waals surface area contributed by atoms with Crippen LogP contribution in [0, 0.1) is 16.0 Å². The maximum atomic E-state index is 11.6. The monoisotopic (exact) mass is 336 g/mol. The third kappa shape index (κ3) is 2.46. The van der Waals surface area contributed by atoms with Gasteiger partial charge in [-0.1, -0.05) is 36.4 Å². The number of rotatable bonds is 3. The van der Waals surface area contributed by atoms with E-state index in [1.54, 1.807) is 24.3 Å². The van der Waals surface area contributed by atoms with Crippen molar-refractivity contribution in [2.45, 2.75) is 18.4 Å². The minimum atomic E-state index is -0.984. The molecule has 0 radical (unpaired) electrons. The third-order valence-electron chi connectivity index (χ3n) is 5.07. The van der Waals surface area contributed by atoms with E-state index in [2.05, 4.69) is 17.5 Å². The summed E-state index contributed by atoms with van der Waals surface area (Å²) in [6.45, 7) is 0. The highest BCUT2D eigenvalue weighted by atomic mass is 16.6. The summed E-state index contributed by atoms with van der Waals surface area (Å²) in [5.74, 6) is -0.666. The Morgan fingerprint density at radius 2 is 2.04 bits per heavy atom. The van der Waals surface area contributed by atoms with Gasteiger partial charge in [-0.05, 0) is 29.5 Å². The van der Waals surface area contributed by atoms with Gasteiger partial charge in [0.05, 0.1) is 22.2 Å². The maximum Gasteiger partial charge on any atom is 0.337 e. The van der Waals surface area contributed by atoms with Gasteiger partial charge in [0.25, 0.3) is 5.69 Å². The summed E-state index contributed by atoms with van der Waals surface area (Å²) in [4.78, 5) is 22.3. The lowest BCUT2D eigenvalue weighted by atomic mass is 9.76. The number of nitro groups is 1. The van der Waals surface area contributed by atoms with Gasteiger partial charge < -0.3 is 10.4 Å². The lowest BCUT2D eigenvalue weighted by Crippen LogP contribution is -2.30. The molecule has 0 saturated carbocycles. The second-order valence-corrected chi connectivity index (χ2v) is 6.40. The van der Waals surface area contributed by atoms with Crippen LogP contribution in [0.1, 0.15) is 39.9 Å². The van der Waals surface area contributed by atoms with E-state index in [0.29, 0.717) is 5.69 Å². The molecule has 2 aromatic carbocycles. The molecule has 0 amide bonds. The molecule has 0 unspecified atom stereocenters. The summed E-state index contributed by atoms with van der Waals surface area (Å²) in [7, 11) is 0. The molecule has 0 aromatic heterocycles. The number of nitrogens with one attached hydrogen (secondary N) is 1. The quantitative estimate of drug-likeness (QED) is 0.500. The normalized spacial score (nSPS) is 23.4. The van der Waals surface area contributed by atoms with E-state index in [9.17, 15) is 20.0 Å². The molecule has 0 bridgehead atoms. The van der Waals surface area contributed by atoms with Crippen molar-refractivity contribution >= 4 is 17.3 Å². The second kappa shape index (κ2) is 5.73. The number of carbonyl (C=O) groups is 1. The Morgan fingerprint density at radius 1 is 1.24 bits per heavy atom. The summed E-state index contributed by atoms with van der Waals surface area (Å²) < 4.78 is 0. The first-order chi connectivity index (χ1) is 12.1. The van der Waals surface area contributed by atoms with Crippen LogP contribution in [-0.4, -0.2) is 16.0 Å². The van der Waals surface area contributed by atoms with E-state index in [4.69, 9.17) is 0 Å². The number of nitro benzene ring substituents is 1. The fourth-order valence-corrected chi connectivity index (χ4v) is 3.96. The number of anilines is 1. The topological polar surface area (TPSA) is 92.5 Å². The molecule has 0 fully saturated rings. The Labute approximate surface area is 144 Å². The molecular weight excluding hydrogens is 320 g/mol. The first-order valence-electron chi connectivity index (χ1n) is 8.10. The number of nitrogens with zero attached hydrogens (tertiary/aromatic N) is 1. The number of non-ortho nitro benzene ring substituents is 1. The summed E-state index contributed by atoms with van der Waals surface area (Å²) in [6, 6.07) is 11.7. The van der Waals surface area contributed by atoms with Gasteiger partial charge in [0, 0.05) is 18.1 Å². The van der Waals surface area contributed by atoms with E-state index >= 15 is 0 Å². The predicted octanol–water partition coefficient (Wildman–Crippen LogP) is 4.12. The van der Waals surface area contributed by atoms with E-state index in [-0.39, 0.29) is 29.1 Å². The van der Waals surface area contributed by atoms with Gasteiger partial charge in [0.15, 0.2) is 0 Å². The van der Waals surface area contributed by atoms with Crippen LogP contribution in [0.3, 0.4) is 0 Å². The molecule has 3 atom stereocenters. The fourth-order valence-electron chi connectivity index (χ4n) is 3.96. The van der Waals surface area contributed by atoms with Crippen molar-refractivity contribution in [3.05, 3.63) is 81.4 Å². The zero-order valence-corrected chi connectivity index (χ0v) is 13.3. The zero-order chi connectivity index (χ0) is 17.6. The highest BCUT2D eigenvalue weighted by Crippen LogP contribution is 2.50. The Hall–Kier alpha value is -3.15. The molecule has 25 heavy (non-hydrogen) atoms. The molecule has 0 saturated heterocycles. The number of para-hydroxylation sites is 1. The summed E-state index contributed by atoms with van der Waals surface area (Å²) in [6.07, 6.45) is 5.06. The summed E-state index contributed by atoms with van der Waals surface area (Å²) in [5, 5.41) is 24.0. The Kier molecular flexibility index (Phi) is 3.53. The smallest absolute Gasteiger partial charge is 0.337 e. The lowest BCUT2D eigenvalue weighted by Gasteiger charge is -2.38. The second-order valence-electron chi connectivity index (χ2n) is 6.40. The van der Waals surface area contributed by atoms with Gasteiger partial charge in [-0.3, -0.25) is 10.1 Å². The van der Waals surface area contributed by atoms with Gasteiger partial charge in [0.1, 0.15) is 0 Å². The van der Waals surface area contributed by atoms with Crippen LogP contribution in [0.5, 0.6) is 0 Å². The number of carboxylic acid groups (broad SMARTS) is 1. The van der Waals surface area contributed by atoms with Crippen LogP contribution in [0.2, 0.25) is 0 Å². The van der Waals surface area contributed by atoms with Crippen LogP contribution in [-0.2, 0) is 0 Å². The summed E-state index contributed by atoms with van der Waals surface area (Å²) in [5.41, 5.74) is 2.66. The highest BCUT2D eigenvalue weighted by Gasteiger charge is 2.39. The minimum Gasteiger partial charge on any atom is -0.478 e. The molecule has 6 heteroatoms. The number of allylic oxidation sites excluding steroid dienone is 2. The first kappa shape index (κ1) is 15.4. The Balaban J connectivity index is 1.83. The van der Waals surface area contributed by atoms with Crippen LogP contribution >= 0.6 is 0 Å². The molecule has 1 aliphatic heterocycles. The van der Waals surface area contributed by atoms with Crippen molar-refractivity contribution in [3.8, 4) is 0 Å². The largest absolute Gasteiger partial charge is 0.478 e. The molecule has 2 aliphatic rings. The Morgan fingerprint density at radius 3 is 2.80 bits per heavy atom. The predicted molar refractivity (Wildman–Crippen MR) is 92.8 cm³/mol. The maximum absolute atomic E-state index is 11.6. The van der Waals surface area contributed by atoms with Crippen LogP contribution < -0.4 is 5.32 Å². The molecule has 1 heterocycles. The van der Waals surface area contributed by atoms with E-state index in [1.165, 1.54) is 6.07 Å². The van der Waals surface area contributed by atoms with Crippen molar-refractivity contribution < 1.29 is 14.8 Å². The van der Waals surface area contributed by atoms with Gasteiger partial charge in [0.2, 0.25) is 0 Å². The van der Waals surface area contributed by atoms with E-state index < -0.39 is 10.9 Å². The lowest BCUT2D eigenvalue weighted by molar-refractivity contribution is -0.384. The first-order valence-corrected chi connectivity index (χ1v) is 8.10. The molecule has 126 valence electrons. The number of aromatic carboxylic acids is 1. The molecule has 1 aliphatic carbocycles. The number of hydrogen-bond acceptors (Lipinski definition) is 4. The molecule has 0 spiro atoms. The SMILES string of the molecule is O=C(O)c1cccc2c1N[C@@H](c1cccc([N+](=O)[O-])c1)[C@@H]1CC=C[C@@H]21. The summed E-state index contributed by atoms with van der Waals surface area (Å²) >= 11 is 0. The van der Waals surface area contributed by atoms with Crippen molar-refractivity contribution in [2.75, 3.05) is 5.32 Å². The number of hydrogen-bond donors (Lipinski definition) is 2. The van der Waals surface area contributed by atoms with Gasteiger partial charge >= 0.3 is 5.97 Å². The molecule has 6 nitrogen and oxygen atoms in total. The van der Waals surface area contributed by atoms with Crippen molar-refractivity contribution in [2.24, 2.45) is 5.92 Å². The average molecular weight is 336 g/mol. The van der Waals surface area contributed by atoms with Gasteiger partial charge in [-0.15, -0.1) is 0 Å². The number of carboxylic acids is 1. The van der Waals surface area contributed by atoms with Crippen LogP contribution in [0.15, 0.2) is 54.6 Å².